The minimum absolute atomic E-state index is 0.0391. The van der Waals surface area contributed by atoms with Crippen molar-refractivity contribution in [2.24, 2.45) is 0 Å². The van der Waals surface area contributed by atoms with Crippen molar-refractivity contribution < 1.29 is 14.6 Å². The van der Waals surface area contributed by atoms with Gasteiger partial charge < -0.3 is 15.2 Å². The van der Waals surface area contributed by atoms with E-state index in [9.17, 15) is 14.6 Å². The number of carbonyl (C=O) groups excluding carboxylic acids is 2. The van der Waals surface area contributed by atoms with Crippen LogP contribution in [0.3, 0.4) is 0 Å². The van der Waals surface area contributed by atoms with E-state index in [0.717, 1.165) is 16.4 Å². The first-order valence-electron chi connectivity index (χ1n) is 6.66. The summed E-state index contributed by atoms with van der Waals surface area (Å²) in [5, 5.41) is 12.1. The molecule has 1 fully saturated rings. The Morgan fingerprint density at radius 1 is 1.52 bits per heavy atom. The van der Waals surface area contributed by atoms with Crippen molar-refractivity contribution in [3.05, 3.63) is 32.4 Å². The van der Waals surface area contributed by atoms with Crippen LogP contribution in [0.4, 0.5) is 0 Å². The summed E-state index contributed by atoms with van der Waals surface area (Å²) in [6.45, 7) is 0.544. The van der Waals surface area contributed by atoms with Crippen molar-refractivity contribution in [1.29, 1.82) is 0 Å². The van der Waals surface area contributed by atoms with E-state index in [1.807, 2.05) is 0 Å². The molecule has 0 aromatic heterocycles. The van der Waals surface area contributed by atoms with Crippen molar-refractivity contribution in [3.8, 4) is 0 Å². The SMILES string of the molecule is O=C(NCC(=O)N1CCCC1BO)c1ccc(I)cc1Cl. The van der Waals surface area contributed by atoms with Crippen molar-refractivity contribution in [1.82, 2.24) is 10.2 Å². The van der Waals surface area contributed by atoms with Crippen molar-refractivity contribution in [2.45, 2.75) is 18.8 Å². The predicted octanol–water partition coefficient (Wildman–Crippen LogP) is 0.967. The molecule has 1 atom stereocenters. The third-order valence-corrected chi connectivity index (χ3v) is 4.47. The largest absolute Gasteiger partial charge is 0.452 e. The Morgan fingerprint density at radius 3 is 2.95 bits per heavy atom. The number of likely N-dealkylation sites (tertiary alicyclic amines) is 1. The number of hydrogen-bond acceptors (Lipinski definition) is 3. The number of benzene rings is 1. The van der Waals surface area contributed by atoms with E-state index in [4.69, 9.17) is 11.6 Å². The predicted molar refractivity (Wildman–Crippen MR) is 90.6 cm³/mol. The maximum atomic E-state index is 12.1. The number of carbonyl (C=O) groups is 2. The summed E-state index contributed by atoms with van der Waals surface area (Å²) in [6, 6.07) is 5.11. The van der Waals surface area contributed by atoms with Gasteiger partial charge in [-0.1, -0.05) is 11.6 Å². The van der Waals surface area contributed by atoms with Crippen LogP contribution in [-0.2, 0) is 4.79 Å². The molecule has 8 heteroatoms. The third kappa shape index (κ3) is 4.11. The summed E-state index contributed by atoms with van der Waals surface area (Å²) in [6.07, 6.45) is 1.69. The lowest BCUT2D eigenvalue weighted by atomic mass is 9.86. The van der Waals surface area contributed by atoms with E-state index < -0.39 is 0 Å². The number of halogens is 2. The molecule has 2 amide bonds. The summed E-state index contributed by atoms with van der Waals surface area (Å²) in [5.74, 6) is -0.678. The van der Waals surface area contributed by atoms with Gasteiger partial charge in [0.25, 0.3) is 13.4 Å². The van der Waals surface area contributed by atoms with E-state index >= 15 is 0 Å². The van der Waals surface area contributed by atoms with Gasteiger partial charge in [0.2, 0.25) is 5.91 Å². The fourth-order valence-corrected chi connectivity index (χ4v) is 3.32. The quantitative estimate of drug-likeness (QED) is 0.563. The molecule has 1 heterocycles. The maximum absolute atomic E-state index is 12.1. The molecule has 2 N–H and O–H groups in total. The summed E-state index contributed by atoms with van der Waals surface area (Å²) >= 11 is 8.13. The Hall–Kier alpha value is -0.795. The van der Waals surface area contributed by atoms with Gasteiger partial charge >= 0.3 is 0 Å². The van der Waals surface area contributed by atoms with Crippen molar-refractivity contribution in [2.75, 3.05) is 13.1 Å². The van der Waals surface area contributed by atoms with Crippen molar-refractivity contribution >= 4 is 53.5 Å². The Labute approximate surface area is 142 Å². The molecule has 5 nitrogen and oxygen atoms in total. The van der Waals surface area contributed by atoms with Crippen LogP contribution < -0.4 is 5.32 Å². The van der Waals surface area contributed by atoms with Crippen LogP contribution in [0.2, 0.25) is 5.02 Å². The number of nitrogens with zero attached hydrogens (tertiary/aromatic N) is 1. The summed E-state index contributed by atoms with van der Waals surface area (Å²) in [5.41, 5.74) is 0.352. The normalized spacial score (nSPS) is 17.7. The molecule has 1 unspecified atom stereocenters. The van der Waals surface area contributed by atoms with Crippen molar-refractivity contribution in [3.63, 3.8) is 0 Å². The van der Waals surface area contributed by atoms with Gasteiger partial charge in [-0.05, 0) is 53.6 Å². The average Bonchev–Trinajstić information content (AvgIpc) is 2.92. The first-order valence-corrected chi connectivity index (χ1v) is 8.12. The molecule has 2 rings (SSSR count). The highest BCUT2D eigenvalue weighted by atomic mass is 127. The van der Waals surface area contributed by atoms with Gasteiger partial charge in [-0.25, -0.2) is 0 Å². The van der Waals surface area contributed by atoms with Gasteiger partial charge in [0.1, 0.15) is 0 Å². The molecule has 1 aliphatic rings. The highest BCUT2D eigenvalue weighted by Crippen LogP contribution is 2.19. The van der Waals surface area contributed by atoms with Gasteiger partial charge in [0, 0.05) is 16.1 Å². The van der Waals surface area contributed by atoms with Gasteiger partial charge in [0.05, 0.1) is 17.1 Å². The third-order valence-electron chi connectivity index (χ3n) is 3.48. The first kappa shape index (κ1) is 16.6. The monoisotopic (exact) mass is 420 g/mol. The summed E-state index contributed by atoms with van der Waals surface area (Å²) in [7, 11) is -0.0391. The van der Waals surface area contributed by atoms with Crippen LogP contribution in [0.15, 0.2) is 18.2 Å². The number of rotatable bonds is 4. The maximum Gasteiger partial charge on any atom is 0.293 e. The molecular weight excluding hydrogens is 405 g/mol. The molecule has 1 saturated heterocycles. The molecule has 1 aliphatic heterocycles. The highest BCUT2D eigenvalue weighted by Gasteiger charge is 2.28. The van der Waals surface area contributed by atoms with Crippen LogP contribution in [0.1, 0.15) is 23.2 Å². The van der Waals surface area contributed by atoms with Gasteiger partial charge in [0.15, 0.2) is 0 Å². The Kier molecular flexibility index (Phi) is 5.89. The average molecular weight is 420 g/mol. The number of amides is 2. The zero-order valence-electron chi connectivity index (χ0n) is 11.3. The Morgan fingerprint density at radius 2 is 2.29 bits per heavy atom. The van der Waals surface area contributed by atoms with Gasteiger partial charge in [-0.3, -0.25) is 9.59 Å². The van der Waals surface area contributed by atoms with Crippen LogP contribution in [0.25, 0.3) is 0 Å². The Balaban J connectivity index is 1.93. The van der Waals surface area contributed by atoms with Crippen LogP contribution in [0, 0.1) is 3.57 Å². The highest BCUT2D eigenvalue weighted by molar-refractivity contribution is 14.1. The second-order valence-corrected chi connectivity index (χ2v) is 6.53. The molecule has 1 aromatic carbocycles. The van der Waals surface area contributed by atoms with Gasteiger partial charge in [-0.15, -0.1) is 0 Å². The van der Waals surface area contributed by atoms with Gasteiger partial charge in [-0.2, -0.15) is 0 Å². The topological polar surface area (TPSA) is 69.6 Å². The second kappa shape index (κ2) is 7.46. The molecule has 21 heavy (non-hydrogen) atoms. The molecule has 0 aliphatic carbocycles. The lowest BCUT2D eigenvalue weighted by Crippen LogP contribution is -2.44. The minimum atomic E-state index is -0.371. The smallest absolute Gasteiger partial charge is 0.293 e. The fraction of sp³-hybridized carbons (Fsp3) is 0.385. The molecular formula is C13H15BClIN2O3. The molecule has 0 spiro atoms. The van der Waals surface area contributed by atoms with E-state index in [0.29, 0.717) is 17.1 Å². The van der Waals surface area contributed by atoms with E-state index in [1.165, 1.54) is 0 Å². The molecule has 0 radical (unpaired) electrons. The first-order chi connectivity index (χ1) is 10.0. The molecule has 1 aromatic rings. The number of hydrogen-bond donors (Lipinski definition) is 2. The van der Waals surface area contributed by atoms with Crippen LogP contribution in [-0.4, -0.2) is 48.3 Å². The van der Waals surface area contributed by atoms with Crippen LogP contribution >= 0.6 is 34.2 Å². The standard InChI is InChI=1S/C13H15BClIN2O3/c15-10-6-8(16)3-4-9(10)13(20)17-7-12(19)18-5-1-2-11(18)14-21/h3-4,6,11,14,21H,1-2,5,7H2,(H,17,20). The molecule has 0 bridgehead atoms. The van der Waals surface area contributed by atoms with E-state index in [1.54, 1.807) is 23.1 Å². The molecule has 0 saturated carbocycles. The molecule has 112 valence electrons. The summed E-state index contributed by atoms with van der Waals surface area (Å²) in [4.78, 5) is 25.7. The fourth-order valence-electron chi connectivity index (χ4n) is 2.38. The second-order valence-electron chi connectivity index (χ2n) is 4.87. The zero-order chi connectivity index (χ0) is 15.4. The summed E-state index contributed by atoms with van der Waals surface area (Å²) < 4.78 is 0.938. The number of nitrogens with one attached hydrogen (secondary N) is 1. The lowest BCUT2D eigenvalue weighted by molar-refractivity contribution is -0.129. The van der Waals surface area contributed by atoms with E-state index in [-0.39, 0.29) is 31.8 Å². The lowest BCUT2D eigenvalue weighted by Gasteiger charge is -2.22. The zero-order valence-corrected chi connectivity index (χ0v) is 14.2. The minimum Gasteiger partial charge on any atom is -0.452 e. The van der Waals surface area contributed by atoms with Crippen LogP contribution in [0.5, 0.6) is 0 Å². The Bertz CT molecular complexity index is 558. The van der Waals surface area contributed by atoms with E-state index in [2.05, 4.69) is 27.9 Å².